The van der Waals surface area contributed by atoms with Crippen molar-refractivity contribution in [3.05, 3.63) is 0 Å². The van der Waals surface area contributed by atoms with Crippen LogP contribution in [0.25, 0.3) is 0 Å². The van der Waals surface area contributed by atoms with Crippen LogP contribution in [0.15, 0.2) is 0 Å². The van der Waals surface area contributed by atoms with Gasteiger partial charge >= 0.3 is 12.0 Å². The lowest BCUT2D eigenvalue weighted by Gasteiger charge is -2.14. The SMILES string of the molecule is CCCCC(NC(=O)NCCCCC(N)=O)C(=O)O. The lowest BCUT2D eigenvalue weighted by Crippen LogP contribution is -2.46. The Morgan fingerprint density at radius 2 is 1.89 bits per heavy atom. The van der Waals surface area contributed by atoms with E-state index in [0.717, 1.165) is 12.8 Å². The van der Waals surface area contributed by atoms with Gasteiger partial charge in [0, 0.05) is 13.0 Å². The number of rotatable bonds is 10. The number of unbranched alkanes of at least 4 members (excludes halogenated alkanes) is 2. The van der Waals surface area contributed by atoms with Gasteiger partial charge in [-0.05, 0) is 19.3 Å². The molecule has 0 fully saturated rings. The van der Waals surface area contributed by atoms with Gasteiger partial charge in [-0.15, -0.1) is 0 Å². The number of aliphatic carboxylic acids is 1. The molecule has 19 heavy (non-hydrogen) atoms. The largest absolute Gasteiger partial charge is 0.480 e. The summed E-state index contributed by atoms with van der Waals surface area (Å²) in [7, 11) is 0. The van der Waals surface area contributed by atoms with E-state index in [1.54, 1.807) is 0 Å². The third-order valence-electron chi connectivity index (χ3n) is 2.59. The maximum Gasteiger partial charge on any atom is 0.326 e. The van der Waals surface area contributed by atoms with Gasteiger partial charge in [0.2, 0.25) is 5.91 Å². The standard InChI is InChI=1S/C12H23N3O4/c1-2-3-6-9(11(17)18)15-12(19)14-8-5-4-7-10(13)16/h9H,2-8H2,1H3,(H2,13,16)(H,17,18)(H2,14,15,19). The van der Waals surface area contributed by atoms with E-state index in [4.69, 9.17) is 10.8 Å². The highest BCUT2D eigenvalue weighted by Gasteiger charge is 2.18. The van der Waals surface area contributed by atoms with Gasteiger partial charge in [-0.1, -0.05) is 19.8 Å². The Morgan fingerprint density at radius 1 is 1.21 bits per heavy atom. The fraction of sp³-hybridized carbons (Fsp3) is 0.750. The first kappa shape index (κ1) is 17.2. The second kappa shape index (κ2) is 10.2. The van der Waals surface area contributed by atoms with Gasteiger partial charge < -0.3 is 21.5 Å². The highest BCUT2D eigenvalue weighted by molar-refractivity contribution is 5.82. The van der Waals surface area contributed by atoms with E-state index in [0.29, 0.717) is 25.8 Å². The Morgan fingerprint density at radius 3 is 2.42 bits per heavy atom. The van der Waals surface area contributed by atoms with Crippen molar-refractivity contribution in [2.75, 3.05) is 6.54 Å². The molecule has 1 atom stereocenters. The second-order valence-electron chi connectivity index (χ2n) is 4.36. The molecule has 0 radical (unpaired) electrons. The molecule has 1 unspecified atom stereocenters. The second-order valence-corrected chi connectivity index (χ2v) is 4.36. The molecule has 0 aliphatic heterocycles. The fourth-order valence-corrected chi connectivity index (χ4v) is 1.50. The minimum absolute atomic E-state index is 0.289. The van der Waals surface area contributed by atoms with Gasteiger partial charge in [0.05, 0.1) is 0 Å². The summed E-state index contributed by atoms with van der Waals surface area (Å²) in [4.78, 5) is 32.8. The average molecular weight is 273 g/mol. The van der Waals surface area contributed by atoms with Crippen LogP contribution in [0.3, 0.4) is 0 Å². The smallest absolute Gasteiger partial charge is 0.326 e. The van der Waals surface area contributed by atoms with Crippen LogP contribution in [0.4, 0.5) is 4.79 Å². The van der Waals surface area contributed by atoms with Gasteiger partial charge in [0.25, 0.3) is 0 Å². The number of carboxylic acid groups (broad SMARTS) is 1. The van der Waals surface area contributed by atoms with E-state index in [9.17, 15) is 14.4 Å². The van der Waals surface area contributed by atoms with Crippen molar-refractivity contribution in [2.24, 2.45) is 5.73 Å². The van der Waals surface area contributed by atoms with Crippen LogP contribution in [-0.2, 0) is 9.59 Å². The van der Waals surface area contributed by atoms with Crippen molar-refractivity contribution in [1.82, 2.24) is 10.6 Å². The first-order valence-corrected chi connectivity index (χ1v) is 6.52. The number of carbonyl (C=O) groups is 3. The van der Waals surface area contributed by atoms with E-state index >= 15 is 0 Å². The molecule has 0 heterocycles. The average Bonchev–Trinajstić information content (AvgIpc) is 2.33. The van der Waals surface area contributed by atoms with Crippen molar-refractivity contribution in [3.8, 4) is 0 Å². The summed E-state index contributed by atoms with van der Waals surface area (Å²) in [5, 5.41) is 13.9. The summed E-state index contributed by atoms with van der Waals surface area (Å²) in [5.41, 5.74) is 4.98. The molecule has 0 aromatic rings. The molecule has 0 aliphatic rings. The zero-order valence-corrected chi connectivity index (χ0v) is 11.3. The summed E-state index contributed by atoms with van der Waals surface area (Å²) in [6.07, 6.45) is 3.56. The van der Waals surface area contributed by atoms with Gasteiger partial charge in [0.15, 0.2) is 0 Å². The van der Waals surface area contributed by atoms with Crippen molar-refractivity contribution in [1.29, 1.82) is 0 Å². The molecular weight excluding hydrogens is 250 g/mol. The molecule has 7 heteroatoms. The van der Waals surface area contributed by atoms with E-state index < -0.39 is 18.0 Å². The highest BCUT2D eigenvalue weighted by atomic mass is 16.4. The third kappa shape index (κ3) is 9.87. The molecule has 110 valence electrons. The van der Waals surface area contributed by atoms with Crippen LogP contribution in [-0.4, -0.2) is 35.6 Å². The van der Waals surface area contributed by atoms with Crippen LogP contribution in [0.2, 0.25) is 0 Å². The number of carboxylic acids is 1. The minimum Gasteiger partial charge on any atom is -0.480 e. The number of amides is 3. The summed E-state index contributed by atoms with van der Waals surface area (Å²) < 4.78 is 0. The number of urea groups is 1. The van der Waals surface area contributed by atoms with Crippen LogP contribution in [0, 0.1) is 0 Å². The fourth-order valence-electron chi connectivity index (χ4n) is 1.50. The van der Waals surface area contributed by atoms with Gasteiger partial charge in [-0.3, -0.25) is 4.79 Å². The topological polar surface area (TPSA) is 122 Å². The summed E-state index contributed by atoms with van der Waals surface area (Å²) >= 11 is 0. The van der Waals surface area contributed by atoms with Gasteiger partial charge in [-0.2, -0.15) is 0 Å². The predicted octanol–water partition coefficient (Wildman–Crippen LogP) is 0.585. The Bertz CT molecular complexity index is 307. The van der Waals surface area contributed by atoms with Gasteiger partial charge in [-0.25, -0.2) is 9.59 Å². The van der Waals surface area contributed by atoms with E-state index in [-0.39, 0.29) is 12.3 Å². The number of hydrogen-bond acceptors (Lipinski definition) is 3. The third-order valence-corrected chi connectivity index (χ3v) is 2.59. The van der Waals surface area contributed by atoms with Gasteiger partial charge in [0.1, 0.15) is 6.04 Å². The molecule has 7 nitrogen and oxygen atoms in total. The number of nitrogens with one attached hydrogen (secondary N) is 2. The molecule has 3 amide bonds. The molecule has 0 aromatic carbocycles. The highest BCUT2D eigenvalue weighted by Crippen LogP contribution is 2.00. The van der Waals surface area contributed by atoms with Crippen LogP contribution < -0.4 is 16.4 Å². The quantitative estimate of drug-likeness (QED) is 0.435. The van der Waals surface area contributed by atoms with E-state index in [1.165, 1.54) is 0 Å². The Kier molecular flexibility index (Phi) is 9.20. The van der Waals surface area contributed by atoms with Crippen LogP contribution in [0.1, 0.15) is 45.4 Å². The maximum atomic E-state index is 11.4. The van der Waals surface area contributed by atoms with E-state index in [2.05, 4.69) is 10.6 Å². The van der Waals surface area contributed by atoms with Crippen molar-refractivity contribution < 1.29 is 19.5 Å². The maximum absolute atomic E-state index is 11.4. The Labute approximate surface area is 112 Å². The molecule has 0 saturated carbocycles. The summed E-state index contributed by atoms with van der Waals surface area (Å²) in [6.45, 7) is 2.34. The number of nitrogens with two attached hydrogens (primary N) is 1. The number of carbonyl (C=O) groups excluding carboxylic acids is 2. The predicted molar refractivity (Wildman–Crippen MR) is 70.5 cm³/mol. The lowest BCUT2D eigenvalue weighted by molar-refractivity contribution is -0.139. The summed E-state index contributed by atoms with van der Waals surface area (Å²) in [5.74, 6) is -1.40. The number of hydrogen-bond donors (Lipinski definition) is 4. The van der Waals surface area contributed by atoms with E-state index in [1.807, 2.05) is 6.92 Å². The Hall–Kier alpha value is -1.79. The molecule has 0 rings (SSSR count). The lowest BCUT2D eigenvalue weighted by atomic mass is 10.1. The Balaban J connectivity index is 3.80. The first-order valence-electron chi connectivity index (χ1n) is 6.52. The molecule has 0 aliphatic carbocycles. The monoisotopic (exact) mass is 273 g/mol. The first-order chi connectivity index (χ1) is 8.97. The molecule has 0 bridgehead atoms. The molecule has 5 N–H and O–H groups in total. The van der Waals surface area contributed by atoms with Crippen LogP contribution >= 0.6 is 0 Å². The number of primary amides is 1. The minimum atomic E-state index is -1.03. The molecule has 0 saturated heterocycles. The zero-order valence-electron chi connectivity index (χ0n) is 11.3. The normalized spacial score (nSPS) is 11.6. The summed E-state index contributed by atoms with van der Waals surface area (Å²) in [6, 6.07) is -1.35. The van der Waals surface area contributed by atoms with Crippen LogP contribution in [0.5, 0.6) is 0 Å². The van der Waals surface area contributed by atoms with Crippen molar-refractivity contribution in [2.45, 2.75) is 51.5 Å². The zero-order chi connectivity index (χ0) is 14.7. The molecular formula is C12H23N3O4. The molecule has 0 aromatic heterocycles. The molecule has 0 spiro atoms. The van der Waals surface area contributed by atoms with Crippen molar-refractivity contribution >= 4 is 17.9 Å². The van der Waals surface area contributed by atoms with Crippen molar-refractivity contribution in [3.63, 3.8) is 0 Å².